The number of hydrogen-bond donors (Lipinski definition) is 4. The third kappa shape index (κ3) is 3.66. The van der Waals surface area contributed by atoms with E-state index in [-0.39, 0.29) is 12.4 Å². The van der Waals surface area contributed by atoms with Crippen LogP contribution in [0.25, 0.3) is 10.9 Å². The minimum Gasteiger partial charge on any atom is -0.395 e. The molecule has 0 saturated heterocycles. The van der Waals surface area contributed by atoms with Crippen molar-refractivity contribution < 1.29 is 14.2 Å². The van der Waals surface area contributed by atoms with Crippen molar-refractivity contribution in [3.63, 3.8) is 0 Å². The molecule has 0 amide bonds. The van der Waals surface area contributed by atoms with Crippen LogP contribution in [0.15, 0.2) is 53.4 Å². The smallest absolute Gasteiger partial charge is 0.131 e. The Bertz CT molecular complexity index is 1010. The average Bonchev–Trinajstić information content (AvgIpc) is 2.82. The highest BCUT2D eigenvalue weighted by Crippen LogP contribution is 2.51. The van der Waals surface area contributed by atoms with Gasteiger partial charge in [-0.25, -0.2) is 4.98 Å². The topological polar surface area (TPSA) is 88.9 Å². The largest absolute Gasteiger partial charge is 0.395 e. The van der Waals surface area contributed by atoms with Crippen molar-refractivity contribution in [1.82, 2.24) is 4.98 Å². The van der Waals surface area contributed by atoms with Gasteiger partial charge in [-0.3, -0.25) is 9.11 Å². The van der Waals surface area contributed by atoms with E-state index in [0.29, 0.717) is 24.5 Å². The number of aliphatic hydroxyl groups is 1. The molecular weight excluding hydrogens is 374 g/mol. The molecule has 148 valence electrons. The Hall–Kier alpha value is -2.32. The highest BCUT2D eigenvalue weighted by Gasteiger charge is 2.26. The molecule has 0 spiro atoms. The first kappa shape index (κ1) is 19.0. The molecule has 4 N–H and O–H groups in total. The van der Waals surface area contributed by atoms with Gasteiger partial charge in [0.2, 0.25) is 0 Å². The fraction of sp³-hybridized carbons (Fsp3) is 0.286. The molecule has 1 aliphatic rings. The number of hydrogen-bond acceptors (Lipinski definition) is 6. The number of nitrogens with one attached hydrogen (secondary N) is 1. The van der Waals surface area contributed by atoms with Crippen molar-refractivity contribution >= 4 is 33.0 Å². The van der Waals surface area contributed by atoms with Gasteiger partial charge < -0.3 is 15.3 Å². The molecule has 0 bridgehead atoms. The second-order valence-electron chi connectivity index (χ2n) is 7.10. The summed E-state index contributed by atoms with van der Waals surface area (Å²) in [5.74, 6) is 1.06. The Morgan fingerprint density at radius 1 is 1.14 bits per heavy atom. The first-order valence-corrected chi connectivity index (χ1v) is 11.0. The van der Waals surface area contributed by atoms with Crippen molar-refractivity contribution in [2.45, 2.75) is 18.4 Å². The van der Waals surface area contributed by atoms with Crippen molar-refractivity contribution in [2.24, 2.45) is 0 Å². The third-order valence-electron chi connectivity index (χ3n) is 5.03. The fourth-order valence-electron chi connectivity index (χ4n) is 3.61. The van der Waals surface area contributed by atoms with Gasteiger partial charge in [0.15, 0.2) is 0 Å². The average molecular weight is 400 g/mol. The fourth-order valence-corrected chi connectivity index (χ4v) is 5.15. The number of fused-ring (bicyclic) bond motifs is 2. The number of aromatic nitrogens is 1. The summed E-state index contributed by atoms with van der Waals surface area (Å²) >= 11 is 0. The van der Waals surface area contributed by atoms with Crippen LogP contribution in [0.3, 0.4) is 0 Å². The highest BCUT2D eigenvalue weighted by atomic mass is 32.3. The number of rotatable bonds is 4. The molecule has 28 heavy (non-hydrogen) atoms. The lowest BCUT2D eigenvalue weighted by atomic mass is 10.1. The molecule has 0 fully saturated rings. The van der Waals surface area contributed by atoms with E-state index in [4.69, 9.17) is 4.98 Å². The summed E-state index contributed by atoms with van der Waals surface area (Å²) in [6, 6.07) is 15.6. The first-order valence-electron chi connectivity index (χ1n) is 9.33. The van der Waals surface area contributed by atoms with Crippen LogP contribution < -0.4 is 10.2 Å². The van der Waals surface area contributed by atoms with Gasteiger partial charge in [0.25, 0.3) is 0 Å². The van der Waals surface area contributed by atoms with Crippen LogP contribution in [0.2, 0.25) is 0 Å². The van der Waals surface area contributed by atoms with Gasteiger partial charge >= 0.3 is 0 Å². The van der Waals surface area contributed by atoms with Crippen LogP contribution in [0, 0.1) is 6.92 Å². The molecule has 7 heteroatoms. The van der Waals surface area contributed by atoms with Gasteiger partial charge in [0.1, 0.15) is 5.82 Å². The van der Waals surface area contributed by atoms with Crippen molar-refractivity contribution in [1.29, 1.82) is 0 Å². The van der Waals surface area contributed by atoms with Crippen molar-refractivity contribution in [3.8, 4) is 0 Å². The van der Waals surface area contributed by atoms with E-state index in [0.717, 1.165) is 33.5 Å². The van der Waals surface area contributed by atoms with Crippen molar-refractivity contribution in [3.05, 3.63) is 59.7 Å². The number of aryl methyl sites for hydroxylation is 1. The Morgan fingerprint density at radius 2 is 1.96 bits per heavy atom. The van der Waals surface area contributed by atoms with E-state index in [1.54, 1.807) is 6.07 Å². The van der Waals surface area contributed by atoms with Gasteiger partial charge in [-0.05, 0) is 30.7 Å². The molecule has 0 aliphatic carbocycles. The summed E-state index contributed by atoms with van der Waals surface area (Å²) in [6.45, 7) is 3.61. The van der Waals surface area contributed by atoms with Gasteiger partial charge in [-0.2, -0.15) is 10.6 Å². The van der Waals surface area contributed by atoms with Gasteiger partial charge in [0, 0.05) is 36.8 Å². The molecule has 1 aliphatic heterocycles. The Labute approximate surface area is 166 Å². The Kier molecular flexibility index (Phi) is 5.16. The Morgan fingerprint density at radius 3 is 2.79 bits per heavy atom. The van der Waals surface area contributed by atoms with Crippen LogP contribution >= 0.6 is 10.6 Å². The SMILES string of the molecule is Cc1ccc2nc(N3CCS(O)(O)c4ccccc4C3)cc(NCCO)c2c1. The number of nitrogens with zero attached hydrogens (tertiary/aromatic N) is 2. The van der Waals surface area contributed by atoms with Crippen LogP contribution in [-0.4, -0.2) is 44.6 Å². The maximum absolute atomic E-state index is 10.6. The zero-order valence-corrected chi connectivity index (χ0v) is 16.6. The second kappa shape index (κ2) is 7.60. The van der Waals surface area contributed by atoms with Gasteiger partial charge in [0.05, 0.1) is 22.8 Å². The highest BCUT2D eigenvalue weighted by molar-refractivity contribution is 8.24. The van der Waals surface area contributed by atoms with Crippen LogP contribution in [-0.2, 0) is 6.54 Å². The summed E-state index contributed by atoms with van der Waals surface area (Å²) in [5.41, 5.74) is 3.84. The minimum atomic E-state index is -2.81. The maximum atomic E-state index is 10.6. The number of anilines is 2. The number of pyridine rings is 1. The molecule has 2 heterocycles. The van der Waals surface area contributed by atoms with Crippen LogP contribution in [0.5, 0.6) is 0 Å². The molecular formula is C21H25N3O3S. The van der Waals surface area contributed by atoms with E-state index < -0.39 is 10.6 Å². The van der Waals surface area contributed by atoms with Crippen molar-refractivity contribution in [2.75, 3.05) is 35.7 Å². The molecule has 2 aromatic carbocycles. The normalized spacial score (nSPS) is 17.1. The molecule has 1 aromatic heterocycles. The van der Waals surface area contributed by atoms with E-state index in [9.17, 15) is 14.2 Å². The molecule has 0 atom stereocenters. The van der Waals surface area contributed by atoms with E-state index in [1.165, 1.54) is 0 Å². The van der Waals surface area contributed by atoms with Gasteiger partial charge in [-0.1, -0.05) is 29.8 Å². The minimum absolute atomic E-state index is 0.0446. The predicted octanol–water partition coefficient (Wildman–Crippen LogP) is 4.08. The van der Waals surface area contributed by atoms with Crippen LogP contribution in [0.4, 0.5) is 11.5 Å². The summed E-state index contributed by atoms with van der Waals surface area (Å²) in [4.78, 5) is 7.56. The summed E-state index contributed by atoms with van der Waals surface area (Å²) in [7, 11) is -2.81. The molecule has 0 saturated carbocycles. The number of benzene rings is 2. The maximum Gasteiger partial charge on any atom is 0.131 e. The lowest BCUT2D eigenvalue weighted by Gasteiger charge is -2.32. The predicted molar refractivity (Wildman–Crippen MR) is 116 cm³/mol. The quantitative estimate of drug-likeness (QED) is 0.529. The molecule has 0 unspecified atom stereocenters. The van der Waals surface area contributed by atoms with E-state index >= 15 is 0 Å². The zero-order chi connectivity index (χ0) is 19.7. The molecule has 0 radical (unpaired) electrons. The molecule has 6 nitrogen and oxygen atoms in total. The summed E-state index contributed by atoms with van der Waals surface area (Å²) < 4.78 is 21.2. The van der Waals surface area contributed by atoms with Crippen LogP contribution in [0.1, 0.15) is 11.1 Å². The van der Waals surface area contributed by atoms with E-state index in [1.807, 2.05) is 43.3 Å². The standard InChI is InChI=1S/C21H25N3O3S/c1-15-6-7-18-17(12-15)19(22-8-10-25)13-21(23-18)24-9-11-28(26,27)20-5-3-2-4-16(20)14-24/h2-7,12-13,25-27H,8-11,14H2,1H3,(H,22,23). The lowest BCUT2D eigenvalue weighted by Crippen LogP contribution is -2.26. The van der Waals surface area contributed by atoms with E-state index in [2.05, 4.69) is 16.3 Å². The number of aliphatic hydroxyl groups excluding tert-OH is 1. The zero-order valence-electron chi connectivity index (χ0n) is 15.8. The summed E-state index contributed by atoms with van der Waals surface area (Å²) in [6.07, 6.45) is 0. The van der Waals surface area contributed by atoms with Gasteiger partial charge in [-0.15, -0.1) is 0 Å². The third-order valence-corrected chi connectivity index (χ3v) is 6.89. The summed E-state index contributed by atoms with van der Waals surface area (Å²) in [5, 5.41) is 13.5. The molecule has 3 aromatic rings. The monoisotopic (exact) mass is 399 g/mol. The second-order valence-corrected chi connectivity index (χ2v) is 9.28. The molecule has 4 rings (SSSR count). The Balaban J connectivity index is 1.77. The first-order chi connectivity index (χ1) is 13.5. The lowest BCUT2D eigenvalue weighted by molar-refractivity contribution is 0.311.